The molecule has 4 rings (SSSR count). The highest BCUT2D eigenvalue weighted by molar-refractivity contribution is 5.94. The van der Waals surface area contributed by atoms with Gasteiger partial charge in [-0.2, -0.15) is 5.26 Å². The number of carbonyl (C=O) groups is 1. The van der Waals surface area contributed by atoms with Crippen molar-refractivity contribution in [3.63, 3.8) is 0 Å². The van der Waals surface area contributed by atoms with Gasteiger partial charge in [0.2, 0.25) is 5.88 Å². The van der Waals surface area contributed by atoms with Crippen LogP contribution in [0.2, 0.25) is 0 Å². The fourth-order valence-electron chi connectivity index (χ4n) is 3.08. The van der Waals surface area contributed by atoms with Gasteiger partial charge in [-0.25, -0.2) is 9.78 Å². The van der Waals surface area contributed by atoms with E-state index in [0.717, 1.165) is 5.56 Å². The third-order valence-corrected chi connectivity index (χ3v) is 4.43. The maximum Gasteiger partial charge on any atom is 0.343 e. The number of rotatable bonds is 4. The standard InChI is InChI=1S/C21H16N4O4/c1-13-5-6-17-23-15(9-18(26)25(17)11-13)12-28-21(27)19-14(2)29-20(16(19)10-22)24-7-3-4-8-24/h3-9,11H,12H2,1-2H3. The van der Waals surface area contributed by atoms with Crippen LogP contribution < -0.4 is 5.56 Å². The van der Waals surface area contributed by atoms with Crippen molar-refractivity contribution < 1.29 is 13.9 Å². The predicted molar refractivity (Wildman–Crippen MR) is 103 cm³/mol. The van der Waals surface area contributed by atoms with Gasteiger partial charge in [-0.05, 0) is 37.6 Å². The quantitative estimate of drug-likeness (QED) is 0.498. The first kappa shape index (κ1) is 18.3. The number of aryl methyl sites for hydroxylation is 2. The molecule has 8 heteroatoms. The average Bonchev–Trinajstić information content (AvgIpc) is 3.34. The van der Waals surface area contributed by atoms with Gasteiger partial charge in [0.05, 0.1) is 5.69 Å². The maximum absolute atomic E-state index is 12.6. The van der Waals surface area contributed by atoms with Crippen molar-refractivity contribution >= 4 is 11.6 Å². The topological polar surface area (TPSA) is 103 Å². The summed E-state index contributed by atoms with van der Waals surface area (Å²) in [6.45, 7) is 3.27. The van der Waals surface area contributed by atoms with Gasteiger partial charge in [-0.15, -0.1) is 0 Å². The van der Waals surface area contributed by atoms with Gasteiger partial charge < -0.3 is 9.15 Å². The number of nitriles is 1. The van der Waals surface area contributed by atoms with Gasteiger partial charge >= 0.3 is 5.97 Å². The molecule has 4 aromatic heterocycles. The first-order chi connectivity index (χ1) is 14.0. The minimum atomic E-state index is -0.716. The first-order valence-corrected chi connectivity index (χ1v) is 8.81. The molecule has 0 fully saturated rings. The van der Waals surface area contributed by atoms with Crippen LogP contribution in [0, 0.1) is 25.2 Å². The van der Waals surface area contributed by atoms with Gasteiger partial charge in [-0.3, -0.25) is 13.8 Å². The van der Waals surface area contributed by atoms with Crippen LogP contribution >= 0.6 is 0 Å². The summed E-state index contributed by atoms with van der Waals surface area (Å²) < 4.78 is 14.0. The van der Waals surface area contributed by atoms with Crippen LogP contribution in [-0.4, -0.2) is 19.9 Å². The molecule has 0 aliphatic rings. The lowest BCUT2D eigenvalue weighted by Gasteiger charge is -2.06. The Morgan fingerprint density at radius 2 is 2.03 bits per heavy atom. The zero-order valence-electron chi connectivity index (χ0n) is 15.7. The van der Waals surface area contributed by atoms with E-state index in [1.807, 2.05) is 19.1 Å². The summed E-state index contributed by atoms with van der Waals surface area (Å²) in [6, 6.07) is 10.4. The molecule has 8 nitrogen and oxygen atoms in total. The van der Waals surface area contributed by atoms with Crippen LogP contribution in [0.15, 0.2) is 58.1 Å². The van der Waals surface area contributed by atoms with Crippen molar-refractivity contribution in [3.05, 3.63) is 87.4 Å². The summed E-state index contributed by atoms with van der Waals surface area (Å²) in [7, 11) is 0. The van der Waals surface area contributed by atoms with Crippen molar-refractivity contribution in [1.82, 2.24) is 14.0 Å². The Balaban J connectivity index is 1.61. The molecule has 4 aromatic rings. The number of furan rings is 1. The van der Waals surface area contributed by atoms with Crippen LogP contribution in [-0.2, 0) is 11.3 Å². The fourth-order valence-corrected chi connectivity index (χ4v) is 3.08. The van der Waals surface area contributed by atoms with Crippen LogP contribution in [0.25, 0.3) is 11.5 Å². The molecule has 0 saturated heterocycles. The van der Waals surface area contributed by atoms with Crippen molar-refractivity contribution in [1.29, 1.82) is 5.26 Å². The SMILES string of the molecule is Cc1ccc2nc(COC(=O)c3c(C)oc(-n4cccc4)c3C#N)cc(=O)n2c1. The number of ether oxygens (including phenoxy) is 1. The van der Waals surface area contributed by atoms with Gasteiger partial charge in [0.25, 0.3) is 5.56 Å². The maximum atomic E-state index is 12.6. The number of hydrogen-bond acceptors (Lipinski definition) is 6. The normalized spacial score (nSPS) is 10.8. The molecule has 0 spiro atoms. The smallest absolute Gasteiger partial charge is 0.343 e. The van der Waals surface area contributed by atoms with E-state index in [0.29, 0.717) is 11.3 Å². The molecule has 0 radical (unpaired) electrons. The molecule has 0 atom stereocenters. The Kier molecular flexibility index (Phi) is 4.49. The van der Waals surface area contributed by atoms with Crippen molar-refractivity contribution in [3.8, 4) is 12.0 Å². The number of aromatic nitrogens is 3. The predicted octanol–water partition coefficient (Wildman–Crippen LogP) is 2.92. The lowest BCUT2D eigenvalue weighted by molar-refractivity contribution is 0.0465. The van der Waals surface area contributed by atoms with E-state index in [1.165, 1.54) is 10.5 Å². The molecule has 0 aliphatic carbocycles. The third kappa shape index (κ3) is 3.30. The van der Waals surface area contributed by atoms with Gasteiger partial charge in [-0.1, -0.05) is 6.07 Å². The highest BCUT2D eigenvalue weighted by atomic mass is 16.5. The molecule has 0 aliphatic heterocycles. The number of esters is 1. The lowest BCUT2D eigenvalue weighted by atomic mass is 10.1. The van der Waals surface area contributed by atoms with E-state index in [1.54, 1.807) is 48.3 Å². The summed E-state index contributed by atoms with van der Waals surface area (Å²) in [6.07, 6.45) is 5.11. The van der Waals surface area contributed by atoms with Crippen LogP contribution in [0.4, 0.5) is 0 Å². The summed E-state index contributed by atoms with van der Waals surface area (Å²) in [5, 5.41) is 9.54. The zero-order valence-corrected chi connectivity index (χ0v) is 15.7. The van der Waals surface area contributed by atoms with E-state index in [-0.39, 0.29) is 34.9 Å². The summed E-state index contributed by atoms with van der Waals surface area (Å²) >= 11 is 0. The number of pyridine rings is 1. The minimum Gasteiger partial charge on any atom is -0.455 e. The second-order valence-corrected chi connectivity index (χ2v) is 6.51. The zero-order chi connectivity index (χ0) is 20.5. The molecular weight excluding hydrogens is 372 g/mol. The molecule has 4 heterocycles. The monoisotopic (exact) mass is 388 g/mol. The van der Waals surface area contributed by atoms with Crippen LogP contribution in [0.3, 0.4) is 0 Å². The molecule has 0 aromatic carbocycles. The second-order valence-electron chi connectivity index (χ2n) is 6.51. The van der Waals surface area contributed by atoms with Gasteiger partial charge in [0, 0.05) is 24.7 Å². The molecule has 0 unspecified atom stereocenters. The molecule has 0 saturated carbocycles. The summed E-state index contributed by atoms with van der Waals surface area (Å²) in [5.74, 6) is -0.191. The molecule has 29 heavy (non-hydrogen) atoms. The Bertz CT molecular complexity index is 1320. The Labute approximate surface area is 165 Å². The summed E-state index contributed by atoms with van der Waals surface area (Å²) in [5.41, 5.74) is 1.59. The average molecular weight is 388 g/mol. The molecule has 0 bridgehead atoms. The van der Waals surface area contributed by atoms with E-state index in [9.17, 15) is 14.9 Å². The van der Waals surface area contributed by atoms with Crippen molar-refractivity contribution in [2.24, 2.45) is 0 Å². The highest BCUT2D eigenvalue weighted by Crippen LogP contribution is 2.26. The van der Waals surface area contributed by atoms with E-state index >= 15 is 0 Å². The number of fused-ring (bicyclic) bond motifs is 1. The fraction of sp³-hybridized carbons (Fsp3) is 0.143. The third-order valence-electron chi connectivity index (χ3n) is 4.43. The minimum absolute atomic E-state index is 0.0596. The summed E-state index contributed by atoms with van der Waals surface area (Å²) in [4.78, 5) is 29.3. The molecule has 0 N–H and O–H groups in total. The van der Waals surface area contributed by atoms with Crippen LogP contribution in [0.1, 0.15) is 32.9 Å². The van der Waals surface area contributed by atoms with Crippen LogP contribution in [0.5, 0.6) is 0 Å². The lowest BCUT2D eigenvalue weighted by Crippen LogP contribution is -2.17. The van der Waals surface area contributed by atoms with E-state index in [4.69, 9.17) is 9.15 Å². The van der Waals surface area contributed by atoms with E-state index in [2.05, 4.69) is 4.98 Å². The molecule has 144 valence electrons. The van der Waals surface area contributed by atoms with Crippen molar-refractivity contribution in [2.45, 2.75) is 20.5 Å². The van der Waals surface area contributed by atoms with Crippen molar-refractivity contribution in [2.75, 3.05) is 0 Å². The first-order valence-electron chi connectivity index (χ1n) is 8.81. The second kappa shape index (κ2) is 7.13. The van der Waals surface area contributed by atoms with E-state index < -0.39 is 5.97 Å². The number of carbonyl (C=O) groups excluding carboxylic acids is 1. The Hall–Kier alpha value is -4.12. The molecular formula is C21H16N4O4. The Morgan fingerprint density at radius 1 is 1.28 bits per heavy atom. The Morgan fingerprint density at radius 3 is 2.76 bits per heavy atom. The largest absolute Gasteiger partial charge is 0.455 e. The van der Waals surface area contributed by atoms with Gasteiger partial charge in [0.15, 0.2) is 0 Å². The highest BCUT2D eigenvalue weighted by Gasteiger charge is 2.25. The molecule has 0 amide bonds. The van der Waals surface area contributed by atoms with Gasteiger partial charge in [0.1, 0.15) is 35.2 Å². The number of hydrogen-bond donors (Lipinski definition) is 0. The number of nitrogens with zero attached hydrogens (tertiary/aromatic N) is 4.